The van der Waals surface area contributed by atoms with Gasteiger partial charge in [-0.15, -0.1) is 0 Å². The molecule has 3 rings (SSSR count). The molecule has 0 aromatic heterocycles. The van der Waals surface area contributed by atoms with Crippen LogP contribution in [0.15, 0.2) is 36.4 Å². The van der Waals surface area contributed by atoms with Crippen molar-refractivity contribution in [2.45, 2.75) is 19.8 Å². The number of nitrogens with zero attached hydrogens (tertiary/aromatic N) is 1. The minimum Gasteiger partial charge on any atom is -0.494 e. The Bertz CT molecular complexity index is 835. The van der Waals surface area contributed by atoms with Gasteiger partial charge in [0.15, 0.2) is 0 Å². The highest BCUT2D eigenvalue weighted by Gasteiger charge is 2.24. The summed E-state index contributed by atoms with van der Waals surface area (Å²) in [6, 6.07) is 9.20. The summed E-state index contributed by atoms with van der Waals surface area (Å²) in [6.45, 7) is 2.40. The molecule has 1 aliphatic heterocycles. The summed E-state index contributed by atoms with van der Waals surface area (Å²) in [7, 11) is 1.52. The number of hydrogen-bond acceptors (Lipinski definition) is 3. The van der Waals surface area contributed by atoms with Crippen LogP contribution in [0.2, 0.25) is 0 Å². The van der Waals surface area contributed by atoms with Gasteiger partial charge in [0.1, 0.15) is 11.6 Å². The lowest BCUT2D eigenvalue weighted by atomic mass is 10.1. The fraction of sp³-hybridized carbons (Fsp3) is 0.263. The highest BCUT2D eigenvalue weighted by atomic mass is 19.1. The first kappa shape index (κ1) is 17.0. The molecule has 1 fully saturated rings. The second-order valence-corrected chi connectivity index (χ2v) is 5.95. The SMILES string of the molecule is COc1cc(NC(=O)c2cc(F)ccc2C)ccc1N1CCCC1=O. The summed E-state index contributed by atoms with van der Waals surface area (Å²) in [4.78, 5) is 26.0. The number of carbonyl (C=O) groups excluding carboxylic acids is 2. The van der Waals surface area contributed by atoms with Crippen molar-refractivity contribution >= 4 is 23.2 Å². The Morgan fingerprint density at radius 2 is 2.04 bits per heavy atom. The van der Waals surface area contributed by atoms with E-state index in [4.69, 9.17) is 4.74 Å². The molecule has 1 heterocycles. The van der Waals surface area contributed by atoms with Gasteiger partial charge >= 0.3 is 0 Å². The molecule has 2 aromatic rings. The van der Waals surface area contributed by atoms with Crippen molar-refractivity contribution in [3.63, 3.8) is 0 Å². The normalized spacial score (nSPS) is 13.9. The van der Waals surface area contributed by atoms with Crippen molar-refractivity contribution in [3.8, 4) is 5.75 Å². The number of hydrogen-bond donors (Lipinski definition) is 1. The molecule has 130 valence electrons. The molecular weight excluding hydrogens is 323 g/mol. The number of benzene rings is 2. The van der Waals surface area contributed by atoms with Gasteiger partial charge in [-0.25, -0.2) is 4.39 Å². The molecule has 5 nitrogen and oxygen atoms in total. The molecular formula is C19H19FN2O3. The molecule has 0 aliphatic carbocycles. The van der Waals surface area contributed by atoms with Crippen LogP contribution in [0.5, 0.6) is 5.75 Å². The second-order valence-electron chi connectivity index (χ2n) is 5.95. The van der Waals surface area contributed by atoms with Gasteiger partial charge in [0, 0.05) is 30.3 Å². The number of nitrogens with one attached hydrogen (secondary N) is 1. The predicted molar refractivity (Wildman–Crippen MR) is 93.7 cm³/mol. The Kier molecular flexibility index (Phi) is 4.70. The van der Waals surface area contributed by atoms with E-state index < -0.39 is 11.7 Å². The maximum Gasteiger partial charge on any atom is 0.256 e. The molecule has 1 aliphatic rings. The van der Waals surface area contributed by atoms with Gasteiger partial charge in [0.05, 0.1) is 12.8 Å². The molecule has 1 saturated heterocycles. The minimum absolute atomic E-state index is 0.0606. The third-order valence-corrected chi connectivity index (χ3v) is 4.25. The Labute approximate surface area is 145 Å². The van der Waals surface area contributed by atoms with Gasteiger partial charge in [0.25, 0.3) is 5.91 Å². The summed E-state index contributed by atoms with van der Waals surface area (Å²) in [6.07, 6.45) is 1.35. The van der Waals surface area contributed by atoms with E-state index in [2.05, 4.69) is 5.32 Å². The van der Waals surface area contributed by atoms with Crippen molar-refractivity contribution in [2.24, 2.45) is 0 Å². The lowest BCUT2D eigenvalue weighted by Crippen LogP contribution is -2.24. The topological polar surface area (TPSA) is 58.6 Å². The smallest absolute Gasteiger partial charge is 0.256 e. The van der Waals surface area contributed by atoms with E-state index in [1.165, 1.54) is 19.2 Å². The number of halogens is 1. The van der Waals surface area contributed by atoms with Crippen LogP contribution >= 0.6 is 0 Å². The highest BCUT2D eigenvalue weighted by Crippen LogP contribution is 2.34. The zero-order valence-corrected chi connectivity index (χ0v) is 14.1. The van der Waals surface area contributed by atoms with Crippen LogP contribution in [0.25, 0.3) is 0 Å². The Morgan fingerprint density at radius 1 is 1.24 bits per heavy atom. The van der Waals surface area contributed by atoms with Crippen LogP contribution in [0.4, 0.5) is 15.8 Å². The number of methoxy groups -OCH3 is 1. The predicted octanol–water partition coefficient (Wildman–Crippen LogP) is 3.52. The van der Waals surface area contributed by atoms with Crippen molar-refractivity contribution in [3.05, 3.63) is 53.3 Å². The van der Waals surface area contributed by atoms with Crippen LogP contribution in [-0.2, 0) is 4.79 Å². The summed E-state index contributed by atoms with van der Waals surface area (Å²) >= 11 is 0. The number of amides is 2. The number of anilines is 2. The Morgan fingerprint density at radius 3 is 2.72 bits per heavy atom. The maximum atomic E-state index is 13.4. The summed E-state index contributed by atoms with van der Waals surface area (Å²) in [5.41, 5.74) is 2.16. The van der Waals surface area contributed by atoms with Gasteiger partial charge < -0.3 is 15.0 Å². The van der Waals surface area contributed by atoms with Crippen molar-refractivity contribution < 1.29 is 18.7 Å². The molecule has 0 atom stereocenters. The van der Waals surface area contributed by atoms with E-state index in [-0.39, 0.29) is 11.5 Å². The molecule has 2 aromatic carbocycles. The molecule has 6 heteroatoms. The minimum atomic E-state index is -0.462. The van der Waals surface area contributed by atoms with E-state index in [0.717, 1.165) is 6.42 Å². The van der Waals surface area contributed by atoms with Crippen LogP contribution in [0.3, 0.4) is 0 Å². The van der Waals surface area contributed by atoms with E-state index in [0.29, 0.717) is 35.7 Å². The van der Waals surface area contributed by atoms with E-state index >= 15 is 0 Å². The molecule has 0 unspecified atom stereocenters. The maximum absolute atomic E-state index is 13.4. The zero-order chi connectivity index (χ0) is 18.0. The van der Waals surface area contributed by atoms with Crippen LogP contribution in [0, 0.1) is 12.7 Å². The van der Waals surface area contributed by atoms with E-state index in [9.17, 15) is 14.0 Å². The summed E-state index contributed by atoms with van der Waals surface area (Å²) in [5.74, 6) is -0.297. The first-order valence-electron chi connectivity index (χ1n) is 8.05. The number of rotatable bonds is 4. The molecule has 2 amide bonds. The van der Waals surface area contributed by atoms with Gasteiger partial charge in [0.2, 0.25) is 5.91 Å². The zero-order valence-electron chi connectivity index (χ0n) is 14.1. The van der Waals surface area contributed by atoms with Gasteiger partial charge in [-0.3, -0.25) is 9.59 Å². The fourth-order valence-corrected chi connectivity index (χ4v) is 2.92. The average Bonchev–Trinajstić information content (AvgIpc) is 3.02. The van der Waals surface area contributed by atoms with Crippen LogP contribution in [-0.4, -0.2) is 25.5 Å². The first-order valence-corrected chi connectivity index (χ1v) is 8.05. The summed E-state index contributed by atoms with van der Waals surface area (Å²) < 4.78 is 18.8. The standard InChI is InChI=1S/C19H19FN2O3/c1-12-5-6-13(20)10-15(12)19(24)21-14-7-8-16(17(11-14)25-2)22-9-3-4-18(22)23/h5-8,10-11H,3-4,9H2,1-2H3,(H,21,24). The van der Waals surface area contributed by atoms with Crippen molar-refractivity contribution in [1.29, 1.82) is 0 Å². The molecule has 0 bridgehead atoms. The van der Waals surface area contributed by atoms with E-state index in [1.54, 1.807) is 36.1 Å². The van der Waals surface area contributed by atoms with Gasteiger partial charge in [-0.2, -0.15) is 0 Å². The molecule has 0 radical (unpaired) electrons. The number of ether oxygens (including phenoxy) is 1. The quantitative estimate of drug-likeness (QED) is 0.925. The lowest BCUT2D eigenvalue weighted by molar-refractivity contribution is -0.117. The third-order valence-electron chi connectivity index (χ3n) is 4.25. The van der Waals surface area contributed by atoms with Gasteiger partial charge in [-0.05, 0) is 43.2 Å². The molecule has 0 spiro atoms. The number of aryl methyl sites for hydroxylation is 1. The van der Waals surface area contributed by atoms with Crippen LogP contribution in [0.1, 0.15) is 28.8 Å². The third kappa shape index (κ3) is 3.47. The lowest BCUT2D eigenvalue weighted by Gasteiger charge is -2.19. The largest absolute Gasteiger partial charge is 0.494 e. The van der Waals surface area contributed by atoms with Crippen LogP contribution < -0.4 is 15.0 Å². The molecule has 1 N–H and O–H groups in total. The van der Waals surface area contributed by atoms with Crippen molar-refractivity contribution in [2.75, 3.05) is 23.9 Å². The van der Waals surface area contributed by atoms with Gasteiger partial charge in [-0.1, -0.05) is 6.07 Å². The fourth-order valence-electron chi connectivity index (χ4n) is 2.92. The summed E-state index contributed by atoms with van der Waals surface area (Å²) in [5, 5.41) is 2.74. The van der Waals surface area contributed by atoms with Crippen molar-refractivity contribution in [1.82, 2.24) is 0 Å². The molecule has 25 heavy (non-hydrogen) atoms. The second kappa shape index (κ2) is 6.93. The average molecular weight is 342 g/mol. The first-order chi connectivity index (χ1) is 12.0. The molecule has 0 saturated carbocycles. The Balaban J connectivity index is 1.85. The highest BCUT2D eigenvalue weighted by molar-refractivity contribution is 6.05. The number of carbonyl (C=O) groups is 2. The van der Waals surface area contributed by atoms with E-state index in [1.807, 2.05) is 0 Å². The monoisotopic (exact) mass is 342 g/mol. The Hall–Kier alpha value is -2.89.